The fraction of sp³-hybridized carbons (Fsp3) is 0.655. The first kappa shape index (κ1) is 49.6. The lowest BCUT2D eigenvalue weighted by molar-refractivity contribution is -0.137. The summed E-state index contributed by atoms with van der Waals surface area (Å²) in [7, 11) is -16.4. The van der Waals surface area contributed by atoms with Crippen molar-refractivity contribution in [1.82, 2.24) is 30.2 Å². The molecule has 8 atom stereocenters. The molecular weight excluding hydrogens is 859 g/mol. The van der Waals surface area contributed by atoms with Crippen molar-refractivity contribution in [1.29, 1.82) is 0 Å². The van der Waals surface area contributed by atoms with E-state index < -0.39 is 90.7 Å². The number of nitrogens with one attached hydrogen (secondary N) is 2. The Morgan fingerprint density at radius 3 is 2.41 bits per heavy atom. The number of rotatable bonds is 24. The number of nitrogen functional groups attached to an aromatic ring is 1. The Hall–Kier alpha value is -2.74. The van der Waals surface area contributed by atoms with E-state index in [1.165, 1.54) is 13.8 Å². The summed E-state index contributed by atoms with van der Waals surface area (Å²) < 4.78 is 62.1. The molecule has 3 heterocycles. The predicted octanol–water partition coefficient (Wildman–Crippen LogP) is -0.228. The fourth-order valence-electron chi connectivity index (χ4n) is 5.06. The van der Waals surface area contributed by atoms with Gasteiger partial charge in [-0.1, -0.05) is 37.8 Å². The number of hydrogen-bond donors (Lipinski definition) is 10. The maximum Gasteiger partial charge on any atom is 0.481 e. The Balaban J connectivity index is 1.45. The van der Waals surface area contributed by atoms with Crippen molar-refractivity contribution in [2.24, 2.45) is 5.41 Å². The van der Waals surface area contributed by atoms with Gasteiger partial charge >= 0.3 is 23.5 Å². The SMILES string of the molecule is C/C=C/CC(O)CCC(=O)SCCNC(=O)CCNC(=O)C(O)C(C)(C)COP(=O)(O)OP(=O)(O)OCC1OC(n2cnc3c(N)ncnc32)C(O)C1OP(=O)(O)O. The lowest BCUT2D eigenvalue weighted by atomic mass is 9.87. The van der Waals surface area contributed by atoms with Crippen molar-refractivity contribution in [2.75, 3.05) is 37.8 Å². The van der Waals surface area contributed by atoms with E-state index in [2.05, 4.69) is 34.4 Å². The summed E-state index contributed by atoms with van der Waals surface area (Å²) in [5.41, 5.74) is 4.24. The Bertz CT molecular complexity index is 1900. The summed E-state index contributed by atoms with van der Waals surface area (Å²) in [6, 6.07) is 0. The van der Waals surface area contributed by atoms with Gasteiger partial charge in [0.2, 0.25) is 11.8 Å². The van der Waals surface area contributed by atoms with Crippen molar-refractivity contribution >= 4 is 69.1 Å². The number of carbonyl (C=O) groups is 3. The summed E-state index contributed by atoms with van der Waals surface area (Å²) in [6.45, 7) is 2.22. The highest BCUT2D eigenvalue weighted by Gasteiger charge is 2.50. The maximum atomic E-state index is 12.7. The highest BCUT2D eigenvalue weighted by molar-refractivity contribution is 8.13. The van der Waals surface area contributed by atoms with Gasteiger partial charge in [-0.15, -0.1) is 0 Å². The van der Waals surface area contributed by atoms with E-state index in [1.807, 2.05) is 6.92 Å². The van der Waals surface area contributed by atoms with Crippen LogP contribution in [0.5, 0.6) is 0 Å². The summed E-state index contributed by atoms with van der Waals surface area (Å²) in [4.78, 5) is 87.6. The number of nitrogens with two attached hydrogens (primary N) is 1. The fourth-order valence-corrected chi connectivity index (χ4v) is 8.59. The van der Waals surface area contributed by atoms with Gasteiger partial charge in [-0.3, -0.25) is 32.5 Å². The highest BCUT2D eigenvalue weighted by atomic mass is 32.2. The molecule has 0 bridgehead atoms. The number of ether oxygens (including phenoxy) is 1. The summed E-state index contributed by atoms with van der Waals surface area (Å²) in [5.74, 6) is -1.21. The molecule has 29 heteroatoms. The molecular formula is C29H48N7O18P3S. The molecule has 2 aromatic heterocycles. The second-order valence-corrected chi connectivity index (χ2v) is 18.7. The summed E-state index contributed by atoms with van der Waals surface area (Å²) in [6.07, 6.45) is -3.04. The molecule has 1 fully saturated rings. The number of phosphoric ester groups is 3. The zero-order chi connectivity index (χ0) is 43.5. The van der Waals surface area contributed by atoms with E-state index in [-0.39, 0.29) is 53.8 Å². The van der Waals surface area contributed by atoms with Gasteiger partial charge in [0.15, 0.2) is 22.8 Å². The standard InChI is InChI=1S/C29H48N7O18P3S/c1-4-5-6-17(37)7-8-20(39)58-12-11-31-19(38)9-10-32-27(42)24(41)29(2,3)14-51-57(48,49)54-56(46,47)50-13-18-23(53-55(43,44)45)22(40)28(52-18)36-16-35-21-25(30)33-15-34-26(21)36/h4-5,15-18,22-24,28,37,40-41H,6-14H2,1-3H3,(H,31,38)(H,32,42)(H,46,47)(H,48,49)(H2,30,33,34)(H2,43,44,45)/b5-4+. The number of aliphatic hydroxyl groups excluding tert-OH is 3. The average molecular weight is 908 g/mol. The first-order valence-electron chi connectivity index (χ1n) is 17.3. The molecule has 8 unspecified atom stereocenters. The van der Waals surface area contributed by atoms with Crippen LogP contribution in [0.2, 0.25) is 0 Å². The number of thioether (sulfide) groups is 1. The van der Waals surface area contributed by atoms with E-state index in [4.69, 9.17) is 19.5 Å². The molecule has 0 spiro atoms. The van der Waals surface area contributed by atoms with Gasteiger partial charge in [0.05, 0.1) is 25.6 Å². The molecule has 11 N–H and O–H groups in total. The molecule has 2 aromatic rings. The molecule has 328 valence electrons. The zero-order valence-corrected chi connectivity index (χ0v) is 34.9. The first-order valence-corrected chi connectivity index (χ1v) is 22.8. The lowest BCUT2D eigenvalue weighted by Crippen LogP contribution is -2.46. The molecule has 0 saturated carbocycles. The summed E-state index contributed by atoms with van der Waals surface area (Å²) >= 11 is 1.01. The van der Waals surface area contributed by atoms with Gasteiger partial charge in [-0.2, -0.15) is 4.31 Å². The second-order valence-electron chi connectivity index (χ2n) is 13.3. The zero-order valence-electron chi connectivity index (χ0n) is 31.4. The largest absolute Gasteiger partial charge is 0.481 e. The summed E-state index contributed by atoms with van der Waals surface area (Å²) in [5, 5.41) is 36.0. The van der Waals surface area contributed by atoms with Crippen LogP contribution in [-0.2, 0) is 50.7 Å². The van der Waals surface area contributed by atoms with E-state index in [1.54, 1.807) is 12.2 Å². The number of aliphatic hydroxyl groups is 3. The van der Waals surface area contributed by atoms with Gasteiger partial charge in [-0.05, 0) is 19.8 Å². The minimum absolute atomic E-state index is 0.0261. The Kier molecular flexibility index (Phi) is 18.5. The molecule has 3 rings (SSSR count). The number of nitrogens with zero attached hydrogens (tertiary/aromatic N) is 4. The van der Waals surface area contributed by atoms with Crippen molar-refractivity contribution in [2.45, 2.75) is 83.2 Å². The average Bonchev–Trinajstić information content (AvgIpc) is 3.69. The number of allylic oxidation sites excluding steroid dienone is 1. The number of phosphoric acid groups is 3. The molecule has 0 aliphatic carbocycles. The molecule has 0 radical (unpaired) electrons. The number of aromatic nitrogens is 4. The third kappa shape index (κ3) is 15.7. The number of imidazole rings is 1. The molecule has 0 aromatic carbocycles. The minimum Gasteiger partial charge on any atom is -0.393 e. The predicted molar refractivity (Wildman–Crippen MR) is 202 cm³/mol. The van der Waals surface area contributed by atoms with Crippen molar-refractivity contribution in [3.8, 4) is 0 Å². The lowest BCUT2D eigenvalue weighted by Gasteiger charge is -2.30. The maximum absolute atomic E-state index is 12.7. The van der Waals surface area contributed by atoms with E-state index in [0.29, 0.717) is 12.8 Å². The van der Waals surface area contributed by atoms with E-state index in [0.717, 1.165) is 29.0 Å². The quantitative estimate of drug-likeness (QED) is 0.0369. The number of anilines is 1. The van der Waals surface area contributed by atoms with E-state index in [9.17, 15) is 63.0 Å². The monoisotopic (exact) mass is 907 g/mol. The van der Waals surface area contributed by atoms with Crippen LogP contribution in [0.1, 0.15) is 52.7 Å². The molecule has 2 amide bonds. The van der Waals surface area contributed by atoms with Gasteiger partial charge in [0, 0.05) is 37.1 Å². The van der Waals surface area contributed by atoms with Gasteiger partial charge in [-0.25, -0.2) is 28.6 Å². The van der Waals surface area contributed by atoms with Crippen LogP contribution in [0.4, 0.5) is 5.82 Å². The van der Waals surface area contributed by atoms with Crippen LogP contribution in [0.15, 0.2) is 24.8 Å². The molecule has 1 aliphatic heterocycles. The smallest absolute Gasteiger partial charge is 0.393 e. The highest BCUT2D eigenvalue weighted by Crippen LogP contribution is 2.61. The third-order valence-electron chi connectivity index (χ3n) is 8.09. The van der Waals surface area contributed by atoms with Crippen LogP contribution >= 0.6 is 35.2 Å². The number of carbonyl (C=O) groups excluding carboxylic acids is 3. The van der Waals surface area contributed by atoms with Crippen molar-refractivity contribution < 1.29 is 85.6 Å². The first-order chi connectivity index (χ1) is 26.9. The second kappa shape index (κ2) is 21.7. The van der Waals surface area contributed by atoms with Gasteiger partial charge in [0.25, 0.3) is 0 Å². The Morgan fingerprint density at radius 2 is 1.74 bits per heavy atom. The van der Waals surface area contributed by atoms with Crippen LogP contribution in [0, 0.1) is 5.41 Å². The van der Waals surface area contributed by atoms with Crippen molar-refractivity contribution in [3.05, 3.63) is 24.8 Å². The Morgan fingerprint density at radius 1 is 1.05 bits per heavy atom. The number of amides is 2. The van der Waals surface area contributed by atoms with Crippen LogP contribution in [0.3, 0.4) is 0 Å². The van der Waals surface area contributed by atoms with Gasteiger partial charge in [0.1, 0.15) is 36.3 Å². The van der Waals surface area contributed by atoms with Crippen molar-refractivity contribution in [3.63, 3.8) is 0 Å². The molecule has 1 saturated heterocycles. The van der Waals surface area contributed by atoms with E-state index >= 15 is 0 Å². The molecule has 58 heavy (non-hydrogen) atoms. The molecule has 25 nitrogen and oxygen atoms in total. The van der Waals surface area contributed by atoms with Gasteiger partial charge < -0.3 is 56.0 Å². The van der Waals surface area contributed by atoms with Crippen LogP contribution in [-0.4, -0.2) is 134 Å². The van der Waals surface area contributed by atoms with Crippen LogP contribution < -0.4 is 16.4 Å². The number of hydrogen-bond acceptors (Lipinski definition) is 19. The normalized spacial score (nSPS) is 22.0. The Labute approximate surface area is 335 Å². The van der Waals surface area contributed by atoms with Crippen LogP contribution in [0.25, 0.3) is 11.2 Å². The topological polar surface area (TPSA) is 384 Å². The minimum atomic E-state index is -5.58. The number of fused-ring (bicyclic) bond motifs is 1. The molecule has 1 aliphatic rings. The third-order valence-corrected chi connectivity index (χ3v) is 12.1.